The molecule has 1 aliphatic rings. The van der Waals surface area contributed by atoms with Gasteiger partial charge < -0.3 is 14.1 Å². The van der Waals surface area contributed by atoms with Crippen molar-refractivity contribution in [2.45, 2.75) is 25.9 Å². The molecule has 0 unspecified atom stereocenters. The molecule has 5 nitrogen and oxygen atoms in total. The molecule has 1 atom stereocenters. The van der Waals surface area contributed by atoms with E-state index in [2.05, 4.69) is 12.2 Å². The highest BCUT2D eigenvalue weighted by Gasteiger charge is 2.27. The van der Waals surface area contributed by atoms with Crippen LogP contribution in [0.4, 0.5) is 0 Å². The van der Waals surface area contributed by atoms with Gasteiger partial charge in [0.25, 0.3) is 0 Å². The first-order valence-electron chi connectivity index (χ1n) is 8.50. The average molecular weight is 328 g/mol. The van der Waals surface area contributed by atoms with Crippen molar-refractivity contribution in [1.29, 1.82) is 0 Å². The van der Waals surface area contributed by atoms with E-state index < -0.39 is 0 Å². The molecule has 1 aromatic heterocycles. The maximum absolute atomic E-state index is 13.0. The fourth-order valence-electron chi connectivity index (χ4n) is 2.87. The van der Waals surface area contributed by atoms with Crippen LogP contribution < -0.4 is 5.32 Å². The number of nitrogens with zero attached hydrogens (tertiary/aromatic N) is 1. The summed E-state index contributed by atoms with van der Waals surface area (Å²) in [6.07, 6.45) is 0.870. The van der Waals surface area contributed by atoms with Crippen molar-refractivity contribution in [3.05, 3.63) is 59.5 Å². The predicted octanol–water partition coefficient (Wildman–Crippen LogP) is 2.53. The van der Waals surface area contributed by atoms with E-state index >= 15 is 0 Å². The van der Waals surface area contributed by atoms with E-state index in [1.54, 1.807) is 0 Å². The molecule has 2 heterocycles. The Kier molecular flexibility index (Phi) is 5.67. The molecule has 2 aromatic rings. The van der Waals surface area contributed by atoms with Gasteiger partial charge in [0.05, 0.1) is 19.8 Å². The monoisotopic (exact) mass is 328 g/mol. The van der Waals surface area contributed by atoms with Crippen molar-refractivity contribution >= 4 is 5.91 Å². The predicted molar refractivity (Wildman–Crippen MR) is 91.5 cm³/mol. The quantitative estimate of drug-likeness (QED) is 0.885. The number of amides is 1. The molecule has 128 valence electrons. The van der Waals surface area contributed by atoms with Gasteiger partial charge in [-0.05, 0) is 17.7 Å². The lowest BCUT2D eigenvalue weighted by Crippen LogP contribution is -2.46. The summed E-state index contributed by atoms with van der Waals surface area (Å²) >= 11 is 0. The standard InChI is InChI=1S/C19H24N2O3/c1-2-16-8-9-17(24-16)14-20-18(15-6-4-3-5-7-15)19(22)21-10-12-23-13-11-21/h3-9,18,20H,2,10-14H2,1H3/t18-/m1/s1. The second kappa shape index (κ2) is 8.13. The second-order valence-corrected chi connectivity index (χ2v) is 5.88. The summed E-state index contributed by atoms with van der Waals surface area (Å²) in [4.78, 5) is 14.8. The number of benzene rings is 1. The van der Waals surface area contributed by atoms with Crippen molar-refractivity contribution in [3.8, 4) is 0 Å². The summed E-state index contributed by atoms with van der Waals surface area (Å²) in [5.74, 6) is 1.90. The molecular weight excluding hydrogens is 304 g/mol. The van der Waals surface area contributed by atoms with Gasteiger partial charge in [0.2, 0.25) is 5.91 Å². The number of aryl methyl sites for hydroxylation is 1. The Labute approximate surface area is 142 Å². The van der Waals surface area contributed by atoms with Crippen LogP contribution in [0.3, 0.4) is 0 Å². The molecule has 1 saturated heterocycles. The summed E-state index contributed by atoms with van der Waals surface area (Å²) in [6, 6.07) is 13.4. The summed E-state index contributed by atoms with van der Waals surface area (Å²) in [6.45, 7) is 5.08. The largest absolute Gasteiger partial charge is 0.465 e. The first-order valence-corrected chi connectivity index (χ1v) is 8.50. The second-order valence-electron chi connectivity index (χ2n) is 5.88. The van der Waals surface area contributed by atoms with Gasteiger partial charge in [-0.2, -0.15) is 0 Å². The van der Waals surface area contributed by atoms with Crippen LogP contribution in [0.15, 0.2) is 46.9 Å². The third-order valence-corrected chi connectivity index (χ3v) is 4.25. The van der Waals surface area contributed by atoms with Crippen molar-refractivity contribution < 1.29 is 13.9 Å². The van der Waals surface area contributed by atoms with Crippen LogP contribution in [-0.2, 0) is 22.5 Å². The maximum atomic E-state index is 13.0. The van der Waals surface area contributed by atoms with Crippen LogP contribution >= 0.6 is 0 Å². The lowest BCUT2D eigenvalue weighted by atomic mass is 10.1. The molecule has 1 N–H and O–H groups in total. The third kappa shape index (κ3) is 4.04. The smallest absolute Gasteiger partial charge is 0.244 e. The number of nitrogens with one attached hydrogen (secondary N) is 1. The van der Waals surface area contributed by atoms with Crippen LogP contribution in [-0.4, -0.2) is 37.1 Å². The van der Waals surface area contributed by atoms with Crippen LogP contribution in [0.2, 0.25) is 0 Å². The van der Waals surface area contributed by atoms with Crippen LogP contribution in [0, 0.1) is 0 Å². The van der Waals surface area contributed by atoms with E-state index in [0.717, 1.165) is 23.5 Å². The molecule has 1 amide bonds. The number of carbonyl (C=O) groups excluding carboxylic acids is 1. The molecular formula is C19H24N2O3. The van der Waals surface area contributed by atoms with E-state index in [-0.39, 0.29) is 11.9 Å². The molecule has 0 aliphatic carbocycles. The number of morpholine rings is 1. The van der Waals surface area contributed by atoms with E-state index in [1.165, 1.54) is 0 Å². The van der Waals surface area contributed by atoms with Gasteiger partial charge in [-0.1, -0.05) is 37.3 Å². The van der Waals surface area contributed by atoms with E-state index in [1.807, 2.05) is 47.4 Å². The minimum Gasteiger partial charge on any atom is -0.465 e. The van der Waals surface area contributed by atoms with Gasteiger partial charge in [-0.25, -0.2) is 0 Å². The SMILES string of the molecule is CCc1ccc(CN[C@@H](C(=O)N2CCOCC2)c2ccccc2)o1. The minimum absolute atomic E-state index is 0.0896. The molecule has 1 fully saturated rings. The Balaban J connectivity index is 1.73. The lowest BCUT2D eigenvalue weighted by molar-refractivity contribution is -0.137. The van der Waals surface area contributed by atoms with Crippen LogP contribution in [0.1, 0.15) is 30.0 Å². The van der Waals surface area contributed by atoms with Gasteiger partial charge in [-0.3, -0.25) is 10.1 Å². The Hall–Kier alpha value is -2.11. The first kappa shape index (κ1) is 16.7. The van der Waals surface area contributed by atoms with Crippen molar-refractivity contribution in [3.63, 3.8) is 0 Å². The van der Waals surface area contributed by atoms with Crippen LogP contribution in [0.25, 0.3) is 0 Å². The van der Waals surface area contributed by atoms with Gasteiger partial charge in [0.1, 0.15) is 17.6 Å². The first-order chi connectivity index (χ1) is 11.8. The normalized spacial score (nSPS) is 16.1. The molecule has 1 aromatic carbocycles. The maximum Gasteiger partial charge on any atom is 0.244 e. The molecule has 0 bridgehead atoms. The fraction of sp³-hybridized carbons (Fsp3) is 0.421. The fourth-order valence-corrected chi connectivity index (χ4v) is 2.87. The van der Waals surface area contributed by atoms with E-state index in [9.17, 15) is 4.79 Å². The van der Waals surface area contributed by atoms with Crippen molar-refractivity contribution in [2.24, 2.45) is 0 Å². The summed E-state index contributed by atoms with van der Waals surface area (Å²) in [7, 11) is 0. The number of carbonyl (C=O) groups is 1. The zero-order valence-corrected chi connectivity index (χ0v) is 14.0. The average Bonchev–Trinajstić information content (AvgIpc) is 3.11. The zero-order valence-electron chi connectivity index (χ0n) is 14.0. The molecule has 0 saturated carbocycles. The lowest BCUT2D eigenvalue weighted by Gasteiger charge is -2.31. The van der Waals surface area contributed by atoms with Crippen molar-refractivity contribution in [1.82, 2.24) is 10.2 Å². The Morgan fingerprint density at radius 1 is 1.12 bits per heavy atom. The van der Waals surface area contributed by atoms with E-state index in [4.69, 9.17) is 9.15 Å². The van der Waals surface area contributed by atoms with E-state index in [0.29, 0.717) is 32.8 Å². The molecule has 1 aliphatic heterocycles. The Morgan fingerprint density at radius 2 is 1.83 bits per heavy atom. The molecule has 24 heavy (non-hydrogen) atoms. The highest BCUT2D eigenvalue weighted by molar-refractivity contribution is 5.83. The van der Waals surface area contributed by atoms with Crippen LogP contribution in [0.5, 0.6) is 0 Å². The molecule has 5 heteroatoms. The highest BCUT2D eigenvalue weighted by Crippen LogP contribution is 2.18. The number of hydrogen-bond acceptors (Lipinski definition) is 4. The van der Waals surface area contributed by atoms with Gasteiger partial charge >= 0.3 is 0 Å². The van der Waals surface area contributed by atoms with Crippen molar-refractivity contribution in [2.75, 3.05) is 26.3 Å². The van der Waals surface area contributed by atoms with Gasteiger partial charge in [-0.15, -0.1) is 0 Å². The number of ether oxygens (including phenoxy) is 1. The summed E-state index contributed by atoms with van der Waals surface area (Å²) in [5.41, 5.74) is 0.969. The van der Waals surface area contributed by atoms with Gasteiger partial charge in [0.15, 0.2) is 0 Å². The minimum atomic E-state index is -0.375. The Morgan fingerprint density at radius 3 is 2.50 bits per heavy atom. The number of rotatable bonds is 6. The number of furan rings is 1. The number of hydrogen-bond donors (Lipinski definition) is 1. The molecule has 3 rings (SSSR count). The topological polar surface area (TPSA) is 54.7 Å². The molecule has 0 spiro atoms. The summed E-state index contributed by atoms with van der Waals surface area (Å²) < 4.78 is 11.1. The zero-order chi connectivity index (χ0) is 16.8. The highest BCUT2D eigenvalue weighted by atomic mass is 16.5. The Bertz CT molecular complexity index is 648. The van der Waals surface area contributed by atoms with Gasteiger partial charge in [0, 0.05) is 19.5 Å². The third-order valence-electron chi connectivity index (χ3n) is 4.25. The summed E-state index contributed by atoms with van der Waals surface area (Å²) in [5, 5.41) is 3.36. The molecule has 0 radical (unpaired) electrons.